The van der Waals surface area contributed by atoms with Crippen molar-refractivity contribution in [3.8, 4) is 0 Å². The lowest BCUT2D eigenvalue weighted by atomic mass is 9.99. The van der Waals surface area contributed by atoms with Gasteiger partial charge in [-0.05, 0) is 30.7 Å². The van der Waals surface area contributed by atoms with Crippen LogP contribution < -0.4 is 10.2 Å². The Kier molecular flexibility index (Phi) is 4.64. The molecule has 0 bridgehead atoms. The summed E-state index contributed by atoms with van der Waals surface area (Å²) in [6.07, 6.45) is 0.957. The van der Waals surface area contributed by atoms with E-state index in [9.17, 15) is 9.18 Å². The van der Waals surface area contributed by atoms with Crippen molar-refractivity contribution in [2.45, 2.75) is 25.9 Å². The number of hydrogen-bond acceptors (Lipinski definition) is 1. The van der Waals surface area contributed by atoms with Crippen molar-refractivity contribution in [1.29, 1.82) is 0 Å². The lowest BCUT2D eigenvalue weighted by molar-refractivity contribution is -0.929. The molecule has 1 aliphatic heterocycles. The van der Waals surface area contributed by atoms with Gasteiger partial charge in [-0.25, -0.2) is 4.39 Å². The van der Waals surface area contributed by atoms with Crippen LogP contribution in [0.15, 0.2) is 42.5 Å². The third-order valence-electron chi connectivity index (χ3n) is 4.45. The van der Waals surface area contributed by atoms with Crippen molar-refractivity contribution in [3.05, 3.63) is 64.4 Å². The number of halogens is 2. The number of fused-ring (bicyclic) bond motifs is 1. The van der Waals surface area contributed by atoms with E-state index in [1.165, 1.54) is 28.2 Å². The molecule has 2 aromatic rings. The lowest BCUT2D eigenvalue weighted by Crippen LogP contribution is -3.16. The third-order valence-corrected chi connectivity index (χ3v) is 4.68. The van der Waals surface area contributed by atoms with Gasteiger partial charge in [0.15, 0.2) is 6.04 Å². The van der Waals surface area contributed by atoms with Crippen molar-refractivity contribution >= 4 is 23.2 Å². The molecule has 3 rings (SSSR count). The zero-order valence-corrected chi connectivity index (χ0v) is 13.7. The fraction of sp³-hybridized carbons (Fsp3) is 0.278. The summed E-state index contributed by atoms with van der Waals surface area (Å²) in [5.74, 6) is -0.697. The van der Waals surface area contributed by atoms with E-state index in [-0.39, 0.29) is 17.6 Å². The van der Waals surface area contributed by atoms with Crippen LogP contribution >= 0.6 is 11.6 Å². The standard InChI is InChI=1S/C18H18ClFN2O/c1-12(18(23)21-17-7-6-15(19)10-16(17)20)22-9-8-13-4-2-3-5-14(13)11-22/h2-7,10,12H,8-9,11H2,1H3,(H,21,23)/p+1/t12-/m1/s1. The Morgan fingerprint density at radius 1 is 1.26 bits per heavy atom. The average Bonchev–Trinajstić information content (AvgIpc) is 2.56. The van der Waals surface area contributed by atoms with E-state index in [0.29, 0.717) is 5.02 Å². The Morgan fingerprint density at radius 2 is 2.00 bits per heavy atom. The minimum atomic E-state index is -0.517. The van der Waals surface area contributed by atoms with Gasteiger partial charge in [0.1, 0.15) is 12.4 Å². The van der Waals surface area contributed by atoms with Crippen LogP contribution in [0.4, 0.5) is 10.1 Å². The molecule has 0 aromatic heterocycles. The zero-order valence-electron chi connectivity index (χ0n) is 12.9. The molecule has 23 heavy (non-hydrogen) atoms. The molecule has 0 radical (unpaired) electrons. The van der Waals surface area contributed by atoms with Crippen LogP contribution in [-0.4, -0.2) is 18.5 Å². The molecule has 1 amide bonds. The fourth-order valence-corrected chi connectivity index (χ4v) is 3.15. The lowest BCUT2D eigenvalue weighted by Gasteiger charge is -2.30. The summed E-state index contributed by atoms with van der Waals surface area (Å²) in [4.78, 5) is 13.6. The van der Waals surface area contributed by atoms with Gasteiger partial charge in [-0.1, -0.05) is 35.9 Å². The van der Waals surface area contributed by atoms with Crippen molar-refractivity contribution < 1.29 is 14.1 Å². The molecule has 1 aliphatic rings. The molecule has 0 spiro atoms. The van der Waals surface area contributed by atoms with Gasteiger partial charge >= 0.3 is 0 Å². The van der Waals surface area contributed by atoms with E-state index in [1.54, 1.807) is 6.07 Å². The predicted octanol–water partition coefficient (Wildman–Crippen LogP) is 2.45. The predicted molar refractivity (Wildman–Crippen MR) is 89.2 cm³/mol. The van der Waals surface area contributed by atoms with E-state index in [4.69, 9.17) is 11.6 Å². The molecular weight excluding hydrogens is 315 g/mol. The zero-order chi connectivity index (χ0) is 16.4. The van der Waals surface area contributed by atoms with Crippen LogP contribution in [0.25, 0.3) is 0 Å². The minimum absolute atomic E-state index is 0.169. The molecule has 1 heterocycles. The fourth-order valence-electron chi connectivity index (χ4n) is 2.99. The second-order valence-electron chi connectivity index (χ2n) is 5.94. The SMILES string of the molecule is C[C@H](C(=O)Nc1ccc(Cl)cc1F)[NH+]1CCc2ccccc2C1. The highest BCUT2D eigenvalue weighted by Gasteiger charge is 2.29. The van der Waals surface area contributed by atoms with E-state index in [0.717, 1.165) is 19.5 Å². The highest BCUT2D eigenvalue weighted by Crippen LogP contribution is 2.19. The Morgan fingerprint density at radius 3 is 2.74 bits per heavy atom. The van der Waals surface area contributed by atoms with Gasteiger partial charge in [0, 0.05) is 17.0 Å². The summed E-state index contributed by atoms with van der Waals surface area (Å²) >= 11 is 5.73. The Balaban J connectivity index is 1.68. The number of nitrogens with one attached hydrogen (secondary N) is 2. The molecular formula is C18H19ClFN2O+. The van der Waals surface area contributed by atoms with Gasteiger partial charge in [-0.2, -0.15) is 0 Å². The number of benzene rings is 2. The maximum absolute atomic E-state index is 13.8. The molecule has 3 nitrogen and oxygen atoms in total. The Bertz CT molecular complexity index is 735. The molecule has 0 fully saturated rings. The summed E-state index contributed by atoms with van der Waals surface area (Å²) in [5.41, 5.74) is 2.81. The van der Waals surface area contributed by atoms with Crippen molar-refractivity contribution in [3.63, 3.8) is 0 Å². The maximum Gasteiger partial charge on any atom is 0.282 e. The van der Waals surface area contributed by atoms with E-state index in [1.807, 2.05) is 19.1 Å². The smallest absolute Gasteiger partial charge is 0.282 e. The van der Waals surface area contributed by atoms with Crippen LogP contribution in [0.3, 0.4) is 0 Å². The summed E-state index contributed by atoms with van der Waals surface area (Å²) in [7, 11) is 0. The molecule has 2 aromatic carbocycles. The monoisotopic (exact) mass is 333 g/mol. The van der Waals surface area contributed by atoms with Gasteiger partial charge in [0.2, 0.25) is 0 Å². The number of carbonyl (C=O) groups excluding carboxylic acids is 1. The third kappa shape index (κ3) is 3.54. The molecule has 0 aliphatic carbocycles. The molecule has 0 saturated carbocycles. The van der Waals surface area contributed by atoms with Gasteiger partial charge in [0.05, 0.1) is 12.2 Å². The number of anilines is 1. The molecule has 2 N–H and O–H groups in total. The highest BCUT2D eigenvalue weighted by molar-refractivity contribution is 6.30. The number of rotatable bonds is 3. The van der Waals surface area contributed by atoms with Gasteiger partial charge in [0.25, 0.3) is 5.91 Å². The minimum Gasteiger partial charge on any atom is -0.321 e. The Hall–Kier alpha value is -1.91. The average molecular weight is 334 g/mol. The normalized spacial score (nSPS) is 18.1. The van der Waals surface area contributed by atoms with Crippen LogP contribution in [0.5, 0.6) is 0 Å². The van der Waals surface area contributed by atoms with Crippen LogP contribution in [0.2, 0.25) is 5.02 Å². The first-order valence-electron chi connectivity index (χ1n) is 7.72. The van der Waals surface area contributed by atoms with Crippen LogP contribution in [0, 0.1) is 5.82 Å². The second kappa shape index (κ2) is 6.69. The van der Waals surface area contributed by atoms with Gasteiger partial charge in [-0.15, -0.1) is 0 Å². The second-order valence-corrected chi connectivity index (χ2v) is 6.38. The first-order chi connectivity index (χ1) is 11.0. The van der Waals surface area contributed by atoms with Crippen LogP contribution in [0.1, 0.15) is 18.1 Å². The molecule has 120 valence electrons. The van der Waals surface area contributed by atoms with Crippen molar-refractivity contribution in [1.82, 2.24) is 0 Å². The number of amides is 1. The number of carbonyl (C=O) groups is 1. The largest absolute Gasteiger partial charge is 0.321 e. The number of quaternary nitrogens is 1. The summed E-state index contributed by atoms with van der Waals surface area (Å²) < 4.78 is 13.8. The van der Waals surface area contributed by atoms with Crippen molar-refractivity contribution in [2.75, 3.05) is 11.9 Å². The van der Waals surface area contributed by atoms with Crippen LogP contribution in [-0.2, 0) is 17.8 Å². The molecule has 5 heteroatoms. The first kappa shape index (κ1) is 16.0. The highest BCUT2D eigenvalue weighted by atomic mass is 35.5. The molecule has 1 unspecified atom stereocenters. The summed E-state index contributed by atoms with van der Waals surface area (Å²) in [6, 6.07) is 12.3. The topological polar surface area (TPSA) is 33.5 Å². The summed E-state index contributed by atoms with van der Waals surface area (Å²) in [5, 5.41) is 2.98. The van der Waals surface area contributed by atoms with Gasteiger partial charge < -0.3 is 10.2 Å². The first-order valence-corrected chi connectivity index (χ1v) is 8.09. The quantitative estimate of drug-likeness (QED) is 0.889. The van der Waals surface area contributed by atoms with Crippen molar-refractivity contribution in [2.24, 2.45) is 0 Å². The number of hydrogen-bond donors (Lipinski definition) is 2. The summed E-state index contributed by atoms with van der Waals surface area (Å²) in [6.45, 7) is 3.59. The van der Waals surface area contributed by atoms with E-state index < -0.39 is 5.82 Å². The van der Waals surface area contributed by atoms with E-state index in [2.05, 4.69) is 17.4 Å². The molecule has 0 saturated heterocycles. The van der Waals surface area contributed by atoms with E-state index >= 15 is 0 Å². The molecule has 2 atom stereocenters. The Labute approximate surface area is 140 Å². The van der Waals surface area contributed by atoms with Gasteiger partial charge in [-0.3, -0.25) is 4.79 Å². The maximum atomic E-state index is 13.8.